The molecule has 0 saturated carbocycles. The largest absolute Gasteiger partial charge is 0.382 e. The molecule has 2 rings (SSSR count). The van der Waals surface area contributed by atoms with Crippen molar-refractivity contribution in [3.8, 4) is 0 Å². The maximum absolute atomic E-state index is 11.1. The Bertz CT molecular complexity index is 387. The van der Waals surface area contributed by atoms with Crippen LogP contribution in [0.3, 0.4) is 0 Å². The number of ether oxygens (including phenoxy) is 1. The summed E-state index contributed by atoms with van der Waals surface area (Å²) >= 11 is 5.80. The van der Waals surface area contributed by atoms with Crippen molar-refractivity contribution in [3.05, 3.63) is 21.6 Å². The van der Waals surface area contributed by atoms with E-state index in [0.29, 0.717) is 11.6 Å². The first kappa shape index (κ1) is 10.4. The van der Waals surface area contributed by atoms with Gasteiger partial charge in [-0.25, -0.2) is 5.10 Å². The molecule has 1 fully saturated rings. The van der Waals surface area contributed by atoms with Crippen molar-refractivity contribution in [3.63, 3.8) is 0 Å². The van der Waals surface area contributed by atoms with E-state index in [1.807, 2.05) is 0 Å². The molecule has 0 spiro atoms. The van der Waals surface area contributed by atoms with E-state index in [1.165, 1.54) is 6.20 Å². The van der Waals surface area contributed by atoms with Crippen LogP contribution in [-0.2, 0) is 4.74 Å². The molecule has 0 aliphatic carbocycles. The number of nitrogens with one attached hydrogen (secondary N) is 2. The minimum absolute atomic E-state index is 0.156. The van der Waals surface area contributed by atoms with Gasteiger partial charge < -0.3 is 10.1 Å². The van der Waals surface area contributed by atoms with E-state index in [0.717, 1.165) is 26.2 Å². The molecule has 5 nitrogen and oxygen atoms in total. The first-order chi connectivity index (χ1) is 7.27. The third kappa shape index (κ3) is 2.49. The average Bonchev–Trinajstić information content (AvgIpc) is 2.73. The van der Waals surface area contributed by atoms with Crippen LogP contribution in [0, 0.1) is 5.92 Å². The number of aromatic nitrogens is 2. The molecule has 82 valence electrons. The molecule has 0 radical (unpaired) electrons. The van der Waals surface area contributed by atoms with Gasteiger partial charge in [-0.05, 0) is 6.42 Å². The fourth-order valence-electron chi connectivity index (χ4n) is 1.51. The van der Waals surface area contributed by atoms with Crippen molar-refractivity contribution < 1.29 is 4.74 Å². The second kappa shape index (κ2) is 4.63. The average molecular weight is 230 g/mol. The van der Waals surface area contributed by atoms with E-state index in [-0.39, 0.29) is 10.6 Å². The monoisotopic (exact) mass is 229 g/mol. The van der Waals surface area contributed by atoms with Crippen LogP contribution in [0.25, 0.3) is 0 Å². The molecule has 2 heterocycles. The smallest absolute Gasteiger partial charge is 0.285 e. The molecule has 0 amide bonds. The molecule has 1 unspecified atom stereocenters. The summed E-state index contributed by atoms with van der Waals surface area (Å²) in [5.74, 6) is 0.486. The number of nitrogens with zero attached hydrogens (tertiary/aromatic N) is 1. The molecular formula is C9H12ClN3O2. The van der Waals surface area contributed by atoms with E-state index < -0.39 is 0 Å². The summed E-state index contributed by atoms with van der Waals surface area (Å²) in [6.07, 6.45) is 2.56. The highest BCUT2D eigenvalue weighted by Gasteiger charge is 2.15. The molecule has 1 aromatic rings. The second-order valence-electron chi connectivity index (χ2n) is 3.54. The van der Waals surface area contributed by atoms with Crippen LogP contribution in [-0.4, -0.2) is 30.0 Å². The minimum atomic E-state index is -0.371. The Morgan fingerprint density at radius 1 is 1.73 bits per heavy atom. The van der Waals surface area contributed by atoms with Crippen LogP contribution in [0.4, 0.5) is 5.69 Å². The molecule has 2 N–H and O–H groups in total. The Labute approximate surface area is 91.8 Å². The number of hydrogen-bond donors (Lipinski definition) is 2. The van der Waals surface area contributed by atoms with Gasteiger partial charge in [0.2, 0.25) is 0 Å². The SMILES string of the molecule is O=c1[nH]ncc(NCC2CCOC2)c1Cl. The molecule has 6 heteroatoms. The summed E-state index contributed by atoms with van der Waals surface area (Å²) in [6.45, 7) is 2.33. The summed E-state index contributed by atoms with van der Waals surface area (Å²) < 4.78 is 5.24. The van der Waals surface area contributed by atoms with Crippen molar-refractivity contribution in [2.45, 2.75) is 6.42 Å². The summed E-state index contributed by atoms with van der Waals surface area (Å²) in [5.41, 5.74) is 0.205. The van der Waals surface area contributed by atoms with Gasteiger partial charge in [0.25, 0.3) is 5.56 Å². The molecule has 1 aliphatic heterocycles. The highest BCUT2D eigenvalue weighted by atomic mass is 35.5. The van der Waals surface area contributed by atoms with Gasteiger partial charge in [0.05, 0.1) is 18.5 Å². The standard InChI is InChI=1S/C9H12ClN3O2/c10-8-7(4-12-13-9(8)14)11-3-6-1-2-15-5-6/h4,6H,1-3,5H2,(H2,11,13,14). The van der Waals surface area contributed by atoms with Gasteiger partial charge in [-0.15, -0.1) is 0 Å². The highest BCUT2D eigenvalue weighted by molar-refractivity contribution is 6.32. The zero-order valence-corrected chi connectivity index (χ0v) is 8.88. The molecule has 0 aromatic carbocycles. The van der Waals surface area contributed by atoms with E-state index in [2.05, 4.69) is 15.5 Å². The number of H-pyrrole nitrogens is 1. The maximum Gasteiger partial charge on any atom is 0.285 e. The number of aromatic amines is 1. The Kier molecular flexibility index (Phi) is 3.23. The van der Waals surface area contributed by atoms with Crippen molar-refractivity contribution >= 4 is 17.3 Å². The minimum Gasteiger partial charge on any atom is -0.382 e. The molecule has 1 saturated heterocycles. The van der Waals surface area contributed by atoms with Gasteiger partial charge in [-0.1, -0.05) is 11.6 Å². The van der Waals surface area contributed by atoms with Gasteiger partial charge in [0.1, 0.15) is 5.02 Å². The van der Waals surface area contributed by atoms with Crippen LogP contribution in [0.1, 0.15) is 6.42 Å². The molecule has 1 atom stereocenters. The molecule has 0 bridgehead atoms. The van der Waals surface area contributed by atoms with Crippen LogP contribution in [0.2, 0.25) is 5.02 Å². The van der Waals surface area contributed by atoms with Crippen molar-refractivity contribution in [2.75, 3.05) is 25.1 Å². The second-order valence-corrected chi connectivity index (χ2v) is 3.92. The normalized spacial score (nSPS) is 20.5. The summed E-state index contributed by atoms with van der Waals surface area (Å²) in [5, 5.41) is 9.20. The summed E-state index contributed by atoms with van der Waals surface area (Å²) in [7, 11) is 0. The Balaban J connectivity index is 1.98. The van der Waals surface area contributed by atoms with Crippen molar-refractivity contribution in [1.82, 2.24) is 10.2 Å². The third-order valence-corrected chi connectivity index (χ3v) is 2.78. The molecule has 15 heavy (non-hydrogen) atoms. The van der Waals surface area contributed by atoms with E-state index in [1.54, 1.807) is 0 Å². The predicted octanol–water partition coefficient (Wildman–Crippen LogP) is 0.872. The lowest BCUT2D eigenvalue weighted by Gasteiger charge is -2.10. The zero-order valence-electron chi connectivity index (χ0n) is 8.12. The van der Waals surface area contributed by atoms with E-state index in [9.17, 15) is 4.79 Å². The summed E-state index contributed by atoms with van der Waals surface area (Å²) in [4.78, 5) is 11.1. The molecule has 1 aromatic heterocycles. The quantitative estimate of drug-likeness (QED) is 0.807. The first-order valence-corrected chi connectivity index (χ1v) is 5.20. The van der Waals surface area contributed by atoms with Crippen LogP contribution in [0.15, 0.2) is 11.0 Å². The number of halogens is 1. The fourth-order valence-corrected chi connectivity index (χ4v) is 1.66. The lowest BCUT2D eigenvalue weighted by Crippen LogP contribution is -2.17. The topological polar surface area (TPSA) is 67.0 Å². The molecular weight excluding hydrogens is 218 g/mol. The predicted molar refractivity (Wildman–Crippen MR) is 57.3 cm³/mol. The van der Waals surface area contributed by atoms with Crippen LogP contribution in [0.5, 0.6) is 0 Å². The Morgan fingerprint density at radius 3 is 3.33 bits per heavy atom. The van der Waals surface area contributed by atoms with Crippen molar-refractivity contribution in [2.24, 2.45) is 5.92 Å². The number of hydrogen-bond acceptors (Lipinski definition) is 4. The van der Waals surface area contributed by atoms with Gasteiger partial charge in [0, 0.05) is 19.1 Å². The highest BCUT2D eigenvalue weighted by Crippen LogP contribution is 2.17. The summed E-state index contributed by atoms with van der Waals surface area (Å²) in [6, 6.07) is 0. The lowest BCUT2D eigenvalue weighted by molar-refractivity contribution is 0.187. The van der Waals surface area contributed by atoms with Gasteiger partial charge in [-0.3, -0.25) is 4.79 Å². The van der Waals surface area contributed by atoms with Gasteiger partial charge >= 0.3 is 0 Å². The van der Waals surface area contributed by atoms with Gasteiger partial charge in [-0.2, -0.15) is 5.10 Å². The van der Waals surface area contributed by atoms with Crippen LogP contribution < -0.4 is 10.9 Å². The Morgan fingerprint density at radius 2 is 2.60 bits per heavy atom. The Hall–Kier alpha value is -1.07. The maximum atomic E-state index is 11.1. The third-order valence-electron chi connectivity index (χ3n) is 2.40. The number of anilines is 1. The lowest BCUT2D eigenvalue weighted by atomic mass is 10.1. The first-order valence-electron chi connectivity index (χ1n) is 4.82. The zero-order chi connectivity index (χ0) is 10.7. The van der Waals surface area contributed by atoms with E-state index in [4.69, 9.17) is 16.3 Å². The number of rotatable bonds is 3. The van der Waals surface area contributed by atoms with Gasteiger partial charge in [0.15, 0.2) is 0 Å². The fraction of sp³-hybridized carbons (Fsp3) is 0.556. The molecule has 1 aliphatic rings. The van der Waals surface area contributed by atoms with Crippen LogP contribution >= 0.6 is 11.6 Å². The van der Waals surface area contributed by atoms with Crippen molar-refractivity contribution in [1.29, 1.82) is 0 Å². The van der Waals surface area contributed by atoms with E-state index >= 15 is 0 Å².